The van der Waals surface area contributed by atoms with Crippen LogP contribution in [0.4, 0.5) is 19.3 Å². The van der Waals surface area contributed by atoms with E-state index < -0.39 is 29.2 Å². The number of piperazine rings is 1. The first-order chi connectivity index (χ1) is 31.7. The number of carbonyl (C=O) groups is 4. The number of piperidine rings is 2. The van der Waals surface area contributed by atoms with Crippen molar-refractivity contribution in [3.8, 4) is 11.1 Å². The van der Waals surface area contributed by atoms with Crippen molar-refractivity contribution in [2.45, 2.75) is 70.7 Å². The Balaban J connectivity index is 0.780. The highest BCUT2D eigenvalue weighted by molar-refractivity contribution is 6.02. The lowest BCUT2D eigenvalue weighted by atomic mass is 10.0. The number of carbonyl (C=O) groups excluding carboxylic acids is 4. The van der Waals surface area contributed by atoms with Gasteiger partial charge in [0.25, 0.3) is 17.4 Å². The summed E-state index contributed by atoms with van der Waals surface area (Å²) in [6, 6.07) is 19.1. The molecule has 0 spiro atoms. The number of rotatable bonds is 10. The lowest BCUT2D eigenvalue weighted by molar-refractivity contribution is -0.135. The van der Waals surface area contributed by atoms with E-state index in [1.165, 1.54) is 30.5 Å². The normalized spacial score (nSPS) is 16.7. The third-order valence-electron chi connectivity index (χ3n) is 12.2. The fourth-order valence-corrected chi connectivity index (χ4v) is 8.76. The summed E-state index contributed by atoms with van der Waals surface area (Å²) in [5.41, 5.74) is 1.47. The van der Waals surface area contributed by atoms with Gasteiger partial charge in [0.2, 0.25) is 5.91 Å². The Hall–Kier alpha value is -6.59. The summed E-state index contributed by atoms with van der Waals surface area (Å²) >= 11 is 0. The lowest BCUT2D eigenvalue weighted by Gasteiger charge is -2.38. The molecule has 0 bridgehead atoms. The molecule has 0 aliphatic carbocycles. The smallest absolute Gasteiger partial charge is 0.412 e. The number of fused-ring (bicyclic) bond motifs is 1. The fraction of sp³-hybridized carbons (Fsp3) is 0.408. The molecule has 3 aliphatic heterocycles. The first-order valence-electron chi connectivity index (χ1n) is 22.4. The first-order valence-corrected chi connectivity index (χ1v) is 22.4. The second-order valence-corrected chi connectivity index (χ2v) is 18.1. The minimum Gasteiger partial charge on any atom is -0.444 e. The molecule has 5 heterocycles. The molecule has 3 saturated heterocycles. The summed E-state index contributed by atoms with van der Waals surface area (Å²) in [4.78, 5) is 77.4. The van der Waals surface area contributed by atoms with Gasteiger partial charge < -0.3 is 24.2 Å². The van der Waals surface area contributed by atoms with E-state index in [9.17, 15) is 28.4 Å². The van der Waals surface area contributed by atoms with Crippen LogP contribution < -0.4 is 10.9 Å². The van der Waals surface area contributed by atoms with Crippen LogP contribution in [0.5, 0.6) is 0 Å². The van der Waals surface area contributed by atoms with Crippen LogP contribution in [-0.2, 0) is 20.7 Å². The predicted octanol–water partition coefficient (Wildman–Crippen LogP) is 6.27. The molecule has 0 saturated carbocycles. The van der Waals surface area contributed by atoms with Gasteiger partial charge in [0.15, 0.2) is 5.69 Å². The zero-order valence-corrected chi connectivity index (χ0v) is 37.4. The number of nitrogens with zero attached hydrogens (tertiary/aromatic N) is 6. The van der Waals surface area contributed by atoms with Gasteiger partial charge in [-0.15, -0.1) is 0 Å². The molecular formula is C49H54F2N8O7. The van der Waals surface area contributed by atoms with E-state index in [2.05, 4.69) is 25.4 Å². The highest BCUT2D eigenvalue weighted by Crippen LogP contribution is 2.29. The van der Waals surface area contributed by atoms with E-state index in [0.29, 0.717) is 91.7 Å². The molecule has 4 amide bonds. The maximum Gasteiger partial charge on any atom is 0.412 e. The molecule has 66 heavy (non-hydrogen) atoms. The minimum absolute atomic E-state index is 0.0186. The van der Waals surface area contributed by atoms with E-state index >= 15 is 4.39 Å². The molecule has 3 aromatic carbocycles. The van der Waals surface area contributed by atoms with Gasteiger partial charge in [0, 0.05) is 75.9 Å². The van der Waals surface area contributed by atoms with E-state index in [-0.39, 0.29) is 66.2 Å². The van der Waals surface area contributed by atoms with Crippen molar-refractivity contribution in [3.63, 3.8) is 0 Å². The zero-order chi connectivity index (χ0) is 46.5. The molecule has 0 unspecified atom stereocenters. The zero-order valence-electron chi connectivity index (χ0n) is 37.4. The molecular weight excluding hydrogens is 851 g/mol. The van der Waals surface area contributed by atoms with Gasteiger partial charge in [0.1, 0.15) is 17.2 Å². The Morgan fingerprint density at radius 3 is 2.12 bits per heavy atom. The number of amides is 4. The quantitative estimate of drug-likeness (QED) is 0.163. The van der Waals surface area contributed by atoms with Gasteiger partial charge in [-0.1, -0.05) is 36.4 Å². The maximum atomic E-state index is 15.1. The van der Waals surface area contributed by atoms with E-state index in [0.717, 1.165) is 12.8 Å². The molecule has 2 aromatic heterocycles. The predicted molar refractivity (Wildman–Crippen MR) is 243 cm³/mol. The van der Waals surface area contributed by atoms with Crippen molar-refractivity contribution >= 4 is 40.3 Å². The van der Waals surface area contributed by atoms with Gasteiger partial charge in [-0.05, 0) is 94.0 Å². The van der Waals surface area contributed by atoms with Crippen LogP contribution in [0.2, 0.25) is 0 Å². The van der Waals surface area contributed by atoms with Gasteiger partial charge in [-0.3, -0.25) is 29.4 Å². The second kappa shape index (κ2) is 19.9. The van der Waals surface area contributed by atoms with Crippen molar-refractivity contribution in [1.82, 2.24) is 34.8 Å². The van der Waals surface area contributed by atoms with Crippen molar-refractivity contribution in [2.75, 3.05) is 64.2 Å². The third kappa shape index (κ3) is 11.1. The first kappa shape index (κ1) is 46.0. The van der Waals surface area contributed by atoms with Gasteiger partial charge in [-0.25, -0.2) is 23.7 Å². The minimum atomic E-state index is -0.773. The average molecular weight is 905 g/mol. The van der Waals surface area contributed by atoms with Gasteiger partial charge in [-0.2, -0.15) is 5.10 Å². The SMILES string of the molecule is CC(C)(C)OC(=O)Nc1cc(-c2cccc(F)c2)cnc1C(=O)N1CCC(OC2CCN(CC(=O)N3CCN(C(=O)c4cc(Cc5n[nH]c(=O)c6ccccc56)ccc4F)CC3)CC2)CC1. The molecule has 3 aliphatic rings. The van der Waals surface area contributed by atoms with Gasteiger partial charge in [0.05, 0.1) is 41.1 Å². The van der Waals surface area contributed by atoms with Crippen LogP contribution in [0.15, 0.2) is 83.8 Å². The number of pyridine rings is 1. The number of aromatic amines is 1. The largest absolute Gasteiger partial charge is 0.444 e. The molecule has 8 rings (SSSR count). The summed E-state index contributed by atoms with van der Waals surface area (Å²) < 4.78 is 41.1. The fourth-order valence-electron chi connectivity index (χ4n) is 8.76. The Morgan fingerprint density at radius 1 is 0.758 bits per heavy atom. The number of halogens is 2. The second-order valence-electron chi connectivity index (χ2n) is 18.1. The highest BCUT2D eigenvalue weighted by Gasteiger charge is 2.32. The highest BCUT2D eigenvalue weighted by atomic mass is 19.1. The standard InChI is InChI=1S/C49H54F2N8O7/c1-49(2,3)66-48(64)53-42-28-33(32-7-6-8-34(50)27-32)29-52-44(42)47(63)58-19-15-36(16-20-58)65-35-13-17-56(18-14-35)30-43(60)57-21-23-59(24-22-57)46(62)39-25-31(11-12-40(39)51)26-41-37-9-4-5-10-38(37)45(61)55-54-41/h4-12,25,27-29,35-36H,13-24,26,30H2,1-3H3,(H,53,64)(H,55,61). The van der Waals surface area contributed by atoms with Crippen molar-refractivity contribution in [1.29, 1.82) is 0 Å². The summed E-state index contributed by atoms with van der Waals surface area (Å²) in [6.45, 7) is 8.98. The summed E-state index contributed by atoms with van der Waals surface area (Å²) in [5.74, 6) is -1.85. The molecule has 3 fully saturated rings. The maximum absolute atomic E-state index is 15.1. The number of benzene rings is 3. The molecule has 346 valence electrons. The number of likely N-dealkylation sites (tertiary alicyclic amines) is 2. The van der Waals surface area contributed by atoms with Crippen molar-refractivity contribution in [3.05, 3.63) is 123 Å². The third-order valence-corrected chi connectivity index (χ3v) is 12.2. The Kier molecular flexibility index (Phi) is 13.8. The number of ether oxygens (including phenoxy) is 2. The number of hydrogen-bond acceptors (Lipinski definition) is 10. The Bertz CT molecular complexity index is 2670. The topological polar surface area (TPSA) is 170 Å². The number of hydrogen-bond donors (Lipinski definition) is 2. The average Bonchev–Trinajstić information content (AvgIpc) is 3.30. The van der Waals surface area contributed by atoms with E-state index in [4.69, 9.17) is 9.47 Å². The Morgan fingerprint density at radius 2 is 1.42 bits per heavy atom. The molecule has 15 nitrogen and oxygen atoms in total. The van der Waals surface area contributed by atoms with Gasteiger partial charge >= 0.3 is 6.09 Å². The van der Waals surface area contributed by atoms with E-state index in [1.807, 2.05) is 12.1 Å². The summed E-state index contributed by atoms with van der Waals surface area (Å²) in [5, 5.41) is 10.6. The van der Waals surface area contributed by atoms with Crippen LogP contribution in [0.1, 0.15) is 78.6 Å². The number of nitrogens with one attached hydrogen (secondary N) is 2. The van der Waals surface area contributed by atoms with Crippen LogP contribution in [0.3, 0.4) is 0 Å². The number of aromatic nitrogens is 3. The van der Waals surface area contributed by atoms with Crippen LogP contribution in [-0.4, -0.2) is 135 Å². The Labute approximate surface area is 381 Å². The number of anilines is 1. The van der Waals surface area contributed by atoms with Crippen LogP contribution in [0, 0.1) is 11.6 Å². The van der Waals surface area contributed by atoms with Crippen LogP contribution in [0.25, 0.3) is 21.9 Å². The molecule has 5 aromatic rings. The molecule has 0 atom stereocenters. The molecule has 17 heteroatoms. The molecule has 2 N–H and O–H groups in total. The number of H-pyrrole nitrogens is 1. The van der Waals surface area contributed by atoms with Crippen LogP contribution >= 0.6 is 0 Å². The summed E-state index contributed by atoms with van der Waals surface area (Å²) in [6.07, 6.45) is 3.79. The van der Waals surface area contributed by atoms with E-state index in [1.54, 1.807) is 71.9 Å². The lowest BCUT2D eigenvalue weighted by Crippen LogP contribution is -2.53. The summed E-state index contributed by atoms with van der Waals surface area (Å²) in [7, 11) is 0. The monoisotopic (exact) mass is 904 g/mol. The van der Waals surface area contributed by atoms with Crippen molar-refractivity contribution < 1.29 is 37.4 Å². The van der Waals surface area contributed by atoms with Crippen molar-refractivity contribution in [2.24, 2.45) is 0 Å². The molecule has 0 radical (unpaired) electrons.